The van der Waals surface area contributed by atoms with Crippen LogP contribution < -0.4 is 0 Å². The minimum atomic E-state index is -0.277. The van der Waals surface area contributed by atoms with Crippen LogP contribution in [0.3, 0.4) is 0 Å². The van der Waals surface area contributed by atoms with E-state index >= 15 is 0 Å². The van der Waals surface area contributed by atoms with E-state index in [4.69, 9.17) is 0 Å². The Balaban J connectivity index is 2.65. The summed E-state index contributed by atoms with van der Waals surface area (Å²) < 4.78 is 2.87. The molecule has 0 aliphatic heterocycles. The lowest BCUT2D eigenvalue weighted by Crippen LogP contribution is -2.16. The largest absolute Gasteiger partial charge is 0.393 e. The SMILES string of the molecule is CCC(C)CC(O)Cc1c(Br)c(C)nn1C. The second kappa shape index (κ2) is 5.82. The van der Waals surface area contributed by atoms with Gasteiger partial charge in [-0.2, -0.15) is 5.10 Å². The van der Waals surface area contributed by atoms with Crippen LogP contribution in [0, 0.1) is 12.8 Å². The van der Waals surface area contributed by atoms with Crippen LogP contribution in [0.5, 0.6) is 0 Å². The van der Waals surface area contributed by atoms with Crippen LogP contribution >= 0.6 is 15.9 Å². The van der Waals surface area contributed by atoms with Gasteiger partial charge in [-0.25, -0.2) is 0 Å². The highest BCUT2D eigenvalue weighted by Crippen LogP contribution is 2.23. The fraction of sp³-hybridized carbons (Fsp3) is 0.750. The predicted octanol–water partition coefficient (Wildman–Crippen LogP) is 2.83. The number of aliphatic hydroxyl groups excluding tert-OH is 1. The molecule has 1 aromatic heterocycles. The molecule has 1 aromatic rings. The van der Waals surface area contributed by atoms with Gasteiger partial charge in [-0.05, 0) is 35.2 Å². The third-order valence-electron chi connectivity index (χ3n) is 3.06. The molecule has 92 valence electrons. The van der Waals surface area contributed by atoms with Crippen LogP contribution in [-0.2, 0) is 13.5 Å². The van der Waals surface area contributed by atoms with E-state index in [-0.39, 0.29) is 6.10 Å². The van der Waals surface area contributed by atoms with Gasteiger partial charge in [-0.1, -0.05) is 20.3 Å². The summed E-state index contributed by atoms with van der Waals surface area (Å²) in [6, 6.07) is 0. The molecule has 0 radical (unpaired) electrons. The number of halogens is 1. The molecule has 1 heterocycles. The highest BCUT2D eigenvalue weighted by molar-refractivity contribution is 9.10. The van der Waals surface area contributed by atoms with Crippen molar-refractivity contribution in [1.82, 2.24) is 9.78 Å². The number of aromatic nitrogens is 2. The first kappa shape index (κ1) is 13.7. The molecule has 0 bridgehead atoms. The molecule has 2 atom stereocenters. The van der Waals surface area contributed by atoms with Gasteiger partial charge >= 0.3 is 0 Å². The Labute approximate surface area is 106 Å². The summed E-state index contributed by atoms with van der Waals surface area (Å²) in [6.07, 6.45) is 2.36. The molecule has 4 heteroatoms. The van der Waals surface area contributed by atoms with E-state index in [0.717, 1.165) is 28.7 Å². The van der Waals surface area contributed by atoms with Crippen molar-refractivity contribution in [2.24, 2.45) is 13.0 Å². The third kappa shape index (κ3) is 3.32. The molecular weight excluding hydrogens is 268 g/mol. The number of aryl methyl sites for hydroxylation is 2. The molecular formula is C12H21BrN2O. The molecule has 16 heavy (non-hydrogen) atoms. The Morgan fingerprint density at radius 1 is 1.50 bits per heavy atom. The van der Waals surface area contributed by atoms with Gasteiger partial charge in [0.05, 0.1) is 22.0 Å². The molecule has 0 aliphatic carbocycles. The van der Waals surface area contributed by atoms with Gasteiger partial charge in [-0.3, -0.25) is 4.68 Å². The van der Waals surface area contributed by atoms with Crippen LogP contribution in [0.1, 0.15) is 38.1 Å². The Morgan fingerprint density at radius 2 is 2.12 bits per heavy atom. The second-order valence-electron chi connectivity index (χ2n) is 4.58. The topological polar surface area (TPSA) is 38.1 Å². The maximum absolute atomic E-state index is 10.0. The Morgan fingerprint density at radius 3 is 2.56 bits per heavy atom. The summed E-state index contributed by atoms with van der Waals surface area (Å²) in [5.74, 6) is 0.572. The highest BCUT2D eigenvalue weighted by atomic mass is 79.9. The highest BCUT2D eigenvalue weighted by Gasteiger charge is 2.16. The zero-order valence-electron chi connectivity index (χ0n) is 10.5. The van der Waals surface area contributed by atoms with Gasteiger partial charge in [0.1, 0.15) is 0 Å². The van der Waals surface area contributed by atoms with Crippen molar-refractivity contribution < 1.29 is 5.11 Å². The summed E-state index contributed by atoms with van der Waals surface area (Å²) in [6.45, 7) is 6.29. The van der Waals surface area contributed by atoms with Crippen molar-refractivity contribution in [3.05, 3.63) is 15.9 Å². The second-order valence-corrected chi connectivity index (χ2v) is 5.37. The average molecular weight is 289 g/mol. The molecule has 0 saturated carbocycles. The van der Waals surface area contributed by atoms with Gasteiger partial charge < -0.3 is 5.11 Å². The lowest BCUT2D eigenvalue weighted by Gasteiger charge is -2.15. The van der Waals surface area contributed by atoms with E-state index in [1.807, 2.05) is 18.7 Å². The molecule has 2 unspecified atom stereocenters. The van der Waals surface area contributed by atoms with E-state index in [0.29, 0.717) is 12.3 Å². The van der Waals surface area contributed by atoms with Crippen molar-refractivity contribution in [1.29, 1.82) is 0 Å². The molecule has 0 fully saturated rings. The monoisotopic (exact) mass is 288 g/mol. The average Bonchev–Trinajstić information content (AvgIpc) is 2.45. The van der Waals surface area contributed by atoms with E-state index < -0.39 is 0 Å². The maximum Gasteiger partial charge on any atom is 0.0738 e. The van der Waals surface area contributed by atoms with Gasteiger partial charge in [0.25, 0.3) is 0 Å². The minimum absolute atomic E-state index is 0.277. The summed E-state index contributed by atoms with van der Waals surface area (Å²) in [5, 5.41) is 14.3. The number of hydrogen-bond acceptors (Lipinski definition) is 2. The van der Waals surface area contributed by atoms with Crippen LogP contribution in [0.15, 0.2) is 4.47 Å². The zero-order chi connectivity index (χ0) is 12.3. The van der Waals surface area contributed by atoms with Crippen LogP contribution in [0.25, 0.3) is 0 Å². The summed E-state index contributed by atoms with van der Waals surface area (Å²) >= 11 is 3.52. The molecule has 0 spiro atoms. The third-order valence-corrected chi connectivity index (χ3v) is 4.09. The lowest BCUT2D eigenvalue weighted by atomic mass is 9.98. The van der Waals surface area contributed by atoms with Crippen molar-refractivity contribution in [2.75, 3.05) is 0 Å². The first-order valence-electron chi connectivity index (χ1n) is 5.81. The smallest absolute Gasteiger partial charge is 0.0738 e. The summed E-state index contributed by atoms with van der Waals surface area (Å²) in [5.41, 5.74) is 2.06. The lowest BCUT2D eigenvalue weighted by molar-refractivity contribution is 0.142. The molecule has 0 aliphatic rings. The first-order valence-corrected chi connectivity index (χ1v) is 6.61. The van der Waals surface area contributed by atoms with E-state index in [1.54, 1.807) is 0 Å². The molecule has 1 rings (SSSR count). The number of aliphatic hydroxyl groups is 1. The van der Waals surface area contributed by atoms with Crippen molar-refractivity contribution in [2.45, 2.75) is 46.1 Å². The molecule has 0 amide bonds. The number of rotatable bonds is 5. The minimum Gasteiger partial charge on any atom is -0.393 e. The van der Waals surface area contributed by atoms with Crippen molar-refractivity contribution in [3.63, 3.8) is 0 Å². The predicted molar refractivity (Wildman–Crippen MR) is 69.4 cm³/mol. The van der Waals surface area contributed by atoms with Gasteiger partial charge in [0.2, 0.25) is 0 Å². The van der Waals surface area contributed by atoms with Gasteiger partial charge in [-0.15, -0.1) is 0 Å². The fourth-order valence-corrected chi connectivity index (χ4v) is 2.34. The number of hydrogen-bond donors (Lipinski definition) is 1. The van der Waals surface area contributed by atoms with Crippen molar-refractivity contribution >= 4 is 15.9 Å². The quantitative estimate of drug-likeness (QED) is 0.905. The first-order chi connectivity index (χ1) is 7.45. The Hall–Kier alpha value is -0.350. The standard InChI is InChI=1S/C12H21BrN2O/c1-5-8(2)6-10(16)7-11-12(13)9(3)14-15(11)4/h8,10,16H,5-7H2,1-4H3. The fourth-order valence-electron chi connectivity index (χ4n) is 1.84. The molecule has 0 aromatic carbocycles. The normalized spacial score (nSPS) is 15.1. The maximum atomic E-state index is 10.0. The molecule has 1 N–H and O–H groups in total. The van der Waals surface area contributed by atoms with E-state index in [1.165, 1.54) is 0 Å². The van der Waals surface area contributed by atoms with E-state index in [2.05, 4.69) is 34.9 Å². The van der Waals surface area contributed by atoms with Crippen LogP contribution in [0.2, 0.25) is 0 Å². The van der Waals surface area contributed by atoms with Crippen molar-refractivity contribution in [3.8, 4) is 0 Å². The van der Waals surface area contributed by atoms with E-state index in [9.17, 15) is 5.11 Å². The Kier molecular flexibility index (Phi) is 4.99. The summed E-state index contributed by atoms with van der Waals surface area (Å²) in [7, 11) is 1.92. The van der Waals surface area contributed by atoms with Gasteiger partial charge in [0, 0.05) is 13.5 Å². The van der Waals surface area contributed by atoms with Crippen LogP contribution in [0.4, 0.5) is 0 Å². The zero-order valence-corrected chi connectivity index (χ0v) is 12.1. The van der Waals surface area contributed by atoms with Crippen LogP contribution in [-0.4, -0.2) is 21.0 Å². The Bertz CT molecular complexity index is 349. The molecule has 3 nitrogen and oxygen atoms in total. The summed E-state index contributed by atoms with van der Waals surface area (Å²) in [4.78, 5) is 0. The number of nitrogens with zero attached hydrogens (tertiary/aromatic N) is 2. The van der Waals surface area contributed by atoms with Gasteiger partial charge in [0.15, 0.2) is 0 Å². The molecule has 0 saturated heterocycles.